The average molecular weight is 415 g/mol. The number of carbonyl (C=O) groups is 2. The molecule has 0 aromatic heterocycles. The van der Waals surface area contributed by atoms with Crippen LogP contribution in [0.3, 0.4) is 0 Å². The van der Waals surface area contributed by atoms with Gasteiger partial charge in [0.1, 0.15) is 5.92 Å². The van der Waals surface area contributed by atoms with Crippen LogP contribution in [-0.2, 0) is 14.3 Å². The molecule has 1 unspecified atom stereocenters. The minimum atomic E-state index is -0.698. The first kappa shape index (κ1) is 21.9. The molecule has 162 valence electrons. The van der Waals surface area contributed by atoms with Gasteiger partial charge in [0.25, 0.3) is 0 Å². The van der Waals surface area contributed by atoms with Gasteiger partial charge in [0, 0.05) is 29.3 Å². The molecular formula is C23H29NO6. The van der Waals surface area contributed by atoms with Crippen molar-refractivity contribution in [2.45, 2.75) is 52.1 Å². The summed E-state index contributed by atoms with van der Waals surface area (Å²) in [5, 5.41) is 0. The van der Waals surface area contributed by atoms with E-state index in [1.165, 1.54) is 21.3 Å². The fourth-order valence-electron chi connectivity index (χ4n) is 4.26. The molecule has 0 amide bonds. The van der Waals surface area contributed by atoms with Gasteiger partial charge in [-0.25, -0.2) is 0 Å². The first-order chi connectivity index (χ1) is 14.3. The van der Waals surface area contributed by atoms with Crippen LogP contribution in [0.1, 0.15) is 51.5 Å². The number of ether oxygens (including phenoxy) is 4. The minimum Gasteiger partial charge on any atom is -0.493 e. The van der Waals surface area contributed by atoms with E-state index in [1.807, 2.05) is 6.92 Å². The standard InChI is InChI=1S/C23H29NO6/c1-12(2)30-23(26)19-13(3)24-15-8-7-9-16(25)21(15)20(19)14-10-17(27-4)22(29-6)18(11-14)28-5/h10-12,19-20H,7-9H2,1-6H3/t19?,20-/m0/s1. The van der Waals surface area contributed by atoms with E-state index in [-0.39, 0.29) is 11.9 Å². The largest absolute Gasteiger partial charge is 0.493 e. The number of hydrogen-bond donors (Lipinski definition) is 0. The summed E-state index contributed by atoms with van der Waals surface area (Å²) in [6.07, 6.45) is 1.65. The molecule has 7 nitrogen and oxygen atoms in total. The van der Waals surface area contributed by atoms with Gasteiger partial charge in [-0.2, -0.15) is 0 Å². The summed E-state index contributed by atoms with van der Waals surface area (Å²) in [5.74, 6) is -0.206. The van der Waals surface area contributed by atoms with E-state index in [0.29, 0.717) is 41.4 Å². The predicted octanol–water partition coefficient (Wildman–Crippen LogP) is 3.85. The fourth-order valence-corrected chi connectivity index (χ4v) is 4.26. The van der Waals surface area contributed by atoms with Crippen LogP contribution < -0.4 is 14.2 Å². The van der Waals surface area contributed by atoms with E-state index >= 15 is 0 Å². The number of Topliss-reactive ketones (excluding diaryl/α,β-unsaturated/α-hetero) is 1. The van der Waals surface area contributed by atoms with E-state index in [4.69, 9.17) is 18.9 Å². The maximum Gasteiger partial charge on any atom is 0.315 e. The Morgan fingerprint density at radius 1 is 1.07 bits per heavy atom. The lowest BCUT2D eigenvalue weighted by atomic mass is 9.71. The van der Waals surface area contributed by atoms with Crippen LogP contribution in [0, 0.1) is 5.92 Å². The number of hydrogen-bond acceptors (Lipinski definition) is 7. The number of nitrogens with zero attached hydrogens (tertiary/aromatic N) is 1. The number of ketones is 1. The second-order valence-corrected chi connectivity index (χ2v) is 7.79. The van der Waals surface area contributed by atoms with Crippen LogP contribution >= 0.6 is 0 Å². The topological polar surface area (TPSA) is 83.4 Å². The highest BCUT2D eigenvalue weighted by Crippen LogP contribution is 2.47. The van der Waals surface area contributed by atoms with Crippen LogP contribution in [0.5, 0.6) is 17.2 Å². The van der Waals surface area contributed by atoms with Gasteiger partial charge in [0.05, 0.1) is 27.4 Å². The molecule has 0 N–H and O–H groups in total. The molecule has 0 bridgehead atoms. The van der Waals surface area contributed by atoms with E-state index in [1.54, 1.807) is 26.0 Å². The zero-order valence-corrected chi connectivity index (χ0v) is 18.4. The van der Waals surface area contributed by atoms with E-state index < -0.39 is 17.8 Å². The quantitative estimate of drug-likeness (QED) is 0.657. The summed E-state index contributed by atoms with van der Waals surface area (Å²) in [7, 11) is 4.61. The molecule has 0 saturated heterocycles. The lowest BCUT2D eigenvalue weighted by Crippen LogP contribution is -2.38. The van der Waals surface area contributed by atoms with Crippen molar-refractivity contribution >= 4 is 17.5 Å². The van der Waals surface area contributed by atoms with Crippen molar-refractivity contribution < 1.29 is 28.5 Å². The van der Waals surface area contributed by atoms with Gasteiger partial charge in [-0.1, -0.05) is 0 Å². The monoisotopic (exact) mass is 415 g/mol. The first-order valence-electron chi connectivity index (χ1n) is 10.1. The summed E-state index contributed by atoms with van der Waals surface area (Å²) >= 11 is 0. The van der Waals surface area contributed by atoms with Crippen LogP contribution in [-0.4, -0.2) is 44.9 Å². The number of methoxy groups -OCH3 is 3. The maximum atomic E-state index is 13.1. The van der Waals surface area contributed by atoms with Gasteiger partial charge in [0.2, 0.25) is 5.75 Å². The van der Waals surface area contributed by atoms with Gasteiger partial charge in [-0.3, -0.25) is 14.6 Å². The fraction of sp³-hybridized carbons (Fsp3) is 0.522. The van der Waals surface area contributed by atoms with Crippen molar-refractivity contribution in [3.63, 3.8) is 0 Å². The molecule has 1 aromatic rings. The van der Waals surface area contributed by atoms with Crippen LogP contribution in [0.25, 0.3) is 0 Å². The number of carbonyl (C=O) groups excluding carboxylic acids is 2. The van der Waals surface area contributed by atoms with Gasteiger partial charge in [-0.15, -0.1) is 0 Å². The highest BCUT2D eigenvalue weighted by atomic mass is 16.5. The van der Waals surface area contributed by atoms with Crippen molar-refractivity contribution in [2.24, 2.45) is 10.9 Å². The van der Waals surface area contributed by atoms with Crippen molar-refractivity contribution in [3.05, 3.63) is 29.0 Å². The van der Waals surface area contributed by atoms with Crippen LogP contribution in [0.2, 0.25) is 0 Å². The molecule has 1 aliphatic heterocycles. The number of allylic oxidation sites excluding steroid dienone is 2. The van der Waals surface area contributed by atoms with Crippen molar-refractivity contribution in [1.82, 2.24) is 0 Å². The molecule has 0 spiro atoms. The lowest BCUT2D eigenvalue weighted by Gasteiger charge is -2.35. The molecule has 7 heteroatoms. The molecule has 2 atom stereocenters. The molecule has 2 aliphatic rings. The molecule has 0 radical (unpaired) electrons. The zero-order chi connectivity index (χ0) is 22.0. The average Bonchev–Trinajstić information content (AvgIpc) is 2.71. The Bertz CT molecular complexity index is 889. The third-order valence-electron chi connectivity index (χ3n) is 5.49. The summed E-state index contributed by atoms with van der Waals surface area (Å²) in [6.45, 7) is 5.43. The van der Waals surface area contributed by atoms with Gasteiger partial charge in [0.15, 0.2) is 17.3 Å². The summed E-state index contributed by atoms with van der Waals surface area (Å²) in [5.41, 5.74) is 2.72. The van der Waals surface area contributed by atoms with Crippen molar-refractivity contribution in [1.29, 1.82) is 0 Å². The van der Waals surface area contributed by atoms with E-state index in [0.717, 1.165) is 17.7 Å². The zero-order valence-electron chi connectivity index (χ0n) is 18.4. The molecular weight excluding hydrogens is 386 g/mol. The smallest absolute Gasteiger partial charge is 0.315 e. The number of benzene rings is 1. The molecule has 1 aliphatic carbocycles. The van der Waals surface area contributed by atoms with E-state index in [2.05, 4.69) is 4.99 Å². The number of aliphatic imine (C=N–C) groups is 1. The van der Waals surface area contributed by atoms with Gasteiger partial charge >= 0.3 is 5.97 Å². The Balaban J connectivity index is 2.23. The Hall–Kier alpha value is -2.83. The Labute approximate surface area is 177 Å². The summed E-state index contributed by atoms with van der Waals surface area (Å²) in [4.78, 5) is 30.7. The third-order valence-corrected chi connectivity index (χ3v) is 5.49. The second-order valence-electron chi connectivity index (χ2n) is 7.79. The number of esters is 1. The maximum absolute atomic E-state index is 13.1. The third kappa shape index (κ3) is 3.93. The first-order valence-corrected chi connectivity index (χ1v) is 10.1. The van der Waals surface area contributed by atoms with Gasteiger partial charge < -0.3 is 18.9 Å². The summed E-state index contributed by atoms with van der Waals surface area (Å²) in [6, 6.07) is 3.60. The Kier molecular flexibility index (Phi) is 6.48. The molecule has 30 heavy (non-hydrogen) atoms. The minimum absolute atomic E-state index is 0.0219. The highest BCUT2D eigenvalue weighted by Gasteiger charge is 2.44. The summed E-state index contributed by atoms with van der Waals surface area (Å²) < 4.78 is 22.0. The Morgan fingerprint density at radius 2 is 1.70 bits per heavy atom. The Morgan fingerprint density at radius 3 is 2.23 bits per heavy atom. The van der Waals surface area contributed by atoms with Gasteiger partial charge in [-0.05, 0) is 51.3 Å². The molecule has 0 fully saturated rings. The highest BCUT2D eigenvalue weighted by molar-refractivity contribution is 6.08. The molecule has 0 saturated carbocycles. The second kappa shape index (κ2) is 8.90. The SMILES string of the molecule is COc1cc([C@@H]2C3=C(CCCC3=O)N=C(C)C2C(=O)OC(C)C)cc(OC)c1OC. The normalized spacial score (nSPS) is 21.2. The van der Waals surface area contributed by atoms with Crippen LogP contribution in [0.4, 0.5) is 0 Å². The molecule has 3 rings (SSSR count). The van der Waals surface area contributed by atoms with Crippen LogP contribution in [0.15, 0.2) is 28.4 Å². The number of rotatable bonds is 6. The van der Waals surface area contributed by atoms with E-state index in [9.17, 15) is 9.59 Å². The predicted molar refractivity (Wildman–Crippen MR) is 113 cm³/mol. The molecule has 1 aromatic carbocycles. The van der Waals surface area contributed by atoms with Crippen molar-refractivity contribution in [3.8, 4) is 17.2 Å². The lowest BCUT2D eigenvalue weighted by molar-refractivity contribution is -0.150. The molecule has 1 heterocycles. The van der Waals surface area contributed by atoms with Crippen molar-refractivity contribution in [2.75, 3.05) is 21.3 Å².